The summed E-state index contributed by atoms with van der Waals surface area (Å²) in [6, 6.07) is 4.48. The first-order valence-electron chi connectivity index (χ1n) is 5.36. The van der Waals surface area contributed by atoms with Crippen molar-refractivity contribution in [3.05, 3.63) is 29.3 Å². The Bertz CT molecular complexity index is 398. The third-order valence-electron chi connectivity index (χ3n) is 3.03. The van der Waals surface area contributed by atoms with Crippen LogP contribution in [0.1, 0.15) is 37.3 Å². The molecule has 0 bridgehead atoms. The minimum Gasteiger partial charge on any atom is -0.382 e. The van der Waals surface area contributed by atoms with Gasteiger partial charge in [-0.2, -0.15) is 13.2 Å². The Balaban J connectivity index is 2.54. The third-order valence-corrected chi connectivity index (χ3v) is 3.03. The molecule has 1 nitrogen and oxygen atoms in total. The van der Waals surface area contributed by atoms with Gasteiger partial charge in [0.15, 0.2) is 0 Å². The van der Waals surface area contributed by atoms with Crippen molar-refractivity contribution in [1.29, 1.82) is 0 Å². The number of hydrogen-bond donors (Lipinski definition) is 1. The molecule has 0 radical (unpaired) electrons. The predicted octanol–water partition coefficient (Wildman–Crippen LogP) is 4.01. The fraction of sp³-hybridized carbons (Fsp3) is 0.500. The number of nitrogens with one attached hydrogen (secondary N) is 1. The number of rotatable bonds is 0. The van der Waals surface area contributed by atoms with Crippen LogP contribution in [0.2, 0.25) is 0 Å². The first-order valence-corrected chi connectivity index (χ1v) is 5.36. The monoisotopic (exact) mass is 229 g/mol. The summed E-state index contributed by atoms with van der Waals surface area (Å²) in [5, 5.41) is 2.95. The molecule has 16 heavy (non-hydrogen) atoms. The van der Waals surface area contributed by atoms with Crippen LogP contribution < -0.4 is 5.32 Å². The molecule has 1 aromatic rings. The number of hydrogen-bond acceptors (Lipinski definition) is 1. The van der Waals surface area contributed by atoms with E-state index in [4.69, 9.17) is 0 Å². The molecule has 0 aliphatic carbocycles. The lowest BCUT2D eigenvalue weighted by atomic mass is 9.87. The molecule has 0 aromatic heterocycles. The number of alkyl halides is 3. The van der Waals surface area contributed by atoms with E-state index < -0.39 is 11.7 Å². The van der Waals surface area contributed by atoms with Gasteiger partial charge in [-0.3, -0.25) is 0 Å². The van der Waals surface area contributed by atoms with Gasteiger partial charge in [-0.05, 0) is 30.9 Å². The highest BCUT2D eigenvalue weighted by Crippen LogP contribution is 2.42. The summed E-state index contributed by atoms with van der Waals surface area (Å²) in [5.41, 5.74) is 0.484. The third kappa shape index (κ3) is 1.88. The molecular formula is C12H14F3N. The van der Waals surface area contributed by atoms with Gasteiger partial charge in [0.1, 0.15) is 0 Å². The number of benzene rings is 1. The van der Waals surface area contributed by atoms with Crippen molar-refractivity contribution < 1.29 is 13.2 Å². The Labute approximate surface area is 92.7 Å². The van der Waals surface area contributed by atoms with Gasteiger partial charge in [0, 0.05) is 6.04 Å². The van der Waals surface area contributed by atoms with E-state index in [9.17, 15) is 13.2 Å². The van der Waals surface area contributed by atoms with Crippen molar-refractivity contribution in [2.75, 3.05) is 5.32 Å². The van der Waals surface area contributed by atoms with E-state index in [1.165, 1.54) is 6.07 Å². The Kier molecular flexibility index (Phi) is 2.60. The van der Waals surface area contributed by atoms with Crippen LogP contribution in [0.15, 0.2) is 18.2 Å². The number of anilines is 1. The van der Waals surface area contributed by atoms with Crippen molar-refractivity contribution in [3.63, 3.8) is 0 Å². The van der Waals surface area contributed by atoms with E-state index in [1.807, 2.05) is 13.8 Å². The van der Waals surface area contributed by atoms with Crippen LogP contribution in [0, 0.1) is 0 Å². The average molecular weight is 229 g/mol. The fourth-order valence-corrected chi connectivity index (χ4v) is 2.34. The second-order valence-corrected chi connectivity index (χ2v) is 4.45. The summed E-state index contributed by atoms with van der Waals surface area (Å²) >= 11 is 0. The molecule has 2 rings (SSSR count). The van der Waals surface area contributed by atoms with E-state index in [-0.39, 0.29) is 17.6 Å². The zero-order valence-electron chi connectivity index (χ0n) is 9.23. The maximum Gasteiger partial charge on any atom is 0.418 e. The van der Waals surface area contributed by atoms with Gasteiger partial charge in [0.25, 0.3) is 0 Å². The number of para-hydroxylation sites is 1. The van der Waals surface area contributed by atoms with Crippen molar-refractivity contribution >= 4 is 5.69 Å². The highest BCUT2D eigenvalue weighted by molar-refractivity contribution is 5.62. The van der Waals surface area contributed by atoms with Gasteiger partial charge in [0.2, 0.25) is 0 Å². The first kappa shape index (κ1) is 11.3. The molecule has 1 aliphatic heterocycles. The van der Waals surface area contributed by atoms with Crippen LogP contribution in [0.25, 0.3) is 0 Å². The molecule has 1 N–H and O–H groups in total. The summed E-state index contributed by atoms with van der Waals surface area (Å²) in [6.07, 6.45) is -3.41. The molecule has 4 heteroatoms. The number of fused-ring (bicyclic) bond motifs is 1. The van der Waals surface area contributed by atoms with E-state index in [0.29, 0.717) is 0 Å². The smallest absolute Gasteiger partial charge is 0.382 e. The summed E-state index contributed by atoms with van der Waals surface area (Å²) < 4.78 is 38.4. The van der Waals surface area contributed by atoms with Crippen molar-refractivity contribution in [3.8, 4) is 0 Å². The Morgan fingerprint density at radius 3 is 2.56 bits per heavy atom. The maximum absolute atomic E-state index is 12.8. The normalized spacial score (nSPS) is 24.8. The van der Waals surface area contributed by atoms with Gasteiger partial charge < -0.3 is 5.32 Å². The standard InChI is InChI=1S/C12H14F3N/c1-7-6-8(2)16-11-9(7)4-3-5-10(11)12(13,14)15/h3-5,7-8,16H,6H2,1-2H3. The van der Waals surface area contributed by atoms with E-state index in [2.05, 4.69) is 5.32 Å². The molecule has 0 spiro atoms. The van der Waals surface area contributed by atoms with Crippen molar-refractivity contribution in [2.45, 2.75) is 38.4 Å². The Morgan fingerprint density at radius 1 is 1.25 bits per heavy atom. The molecule has 1 aromatic carbocycles. The predicted molar refractivity (Wildman–Crippen MR) is 57.6 cm³/mol. The fourth-order valence-electron chi connectivity index (χ4n) is 2.34. The molecule has 0 saturated heterocycles. The Morgan fingerprint density at radius 2 is 1.94 bits per heavy atom. The molecule has 1 heterocycles. The van der Waals surface area contributed by atoms with Crippen molar-refractivity contribution in [1.82, 2.24) is 0 Å². The number of halogens is 3. The lowest BCUT2D eigenvalue weighted by Crippen LogP contribution is -2.26. The van der Waals surface area contributed by atoms with E-state index in [0.717, 1.165) is 18.1 Å². The van der Waals surface area contributed by atoms with Crippen LogP contribution in [0.3, 0.4) is 0 Å². The quantitative estimate of drug-likeness (QED) is 0.708. The zero-order valence-corrected chi connectivity index (χ0v) is 9.23. The van der Waals surface area contributed by atoms with Crippen LogP contribution in [-0.2, 0) is 6.18 Å². The lowest BCUT2D eigenvalue weighted by molar-refractivity contribution is -0.137. The minimum absolute atomic E-state index is 0.0889. The summed E-state index contributed by atoms with van der Waals surface area (Å²) in [7, 11) is 0. The molecule has 0 fully saturated rings. The van der Waals surface area contributed by atoms with Crippen LogP contribution in [0.5, 0.6) is 0 Å². The van der Waals surface area contributed by atoms with E-state index >= 15 is 0 Å². The van der Waals surface area contributed by atoms with Gasteiger partial charge in [0.05, 0.1) is 11.3 Å². The molecule has 2 unspecified atom stereocenters. The van der Waals surface area contributed by atoms with Crippen LogP contribution in [-0.4, -0.2) is 6.04 Å². The SMILES string of the molecule is CC1CC(C)c2cccc(C(F)(F)F)c2N1. The van der Waals surface area contributed by atoms with Gasteiger partial charge in [-0.25, -0.2) is 0 Å². The highest BCUT2D eigenvalue weighted by Gasteiger charge is 2.36. The van der Waals surface area contributed by atoms with Crippen molar-refractivity contribution in [2.24, 2.45) is 0 Å². The minimum atomic E-state index is -4.28. The topological polar surface area (TPSA) is 12.0 Å². The molecular weight excluding hydrogens is 215 g/mol. The molecule has 2 atom stereocenters. The summed E-state index contributed by atoms with van der Waals surface area (Å²) in [4.78, 5) is 0. The van der Waals surface area contributed by atoms with E-state index in [1.54, 1.807) is 6.07 Å². The largest absolute Gasteiger partial charge is 0.418 e. The second-order valence-electron chi connectivity index (χ2n) is 4.45. The summed E-state index contributed by atoms with van der Waals surface area (Å²) in [6.45, 7) is 3.88. The highest BCUT2D eigenvalue weighted by atomic mass is 19.4. The molecule has 88 valence electrons. The van der Waals surface area contributed by atoms with Crippen LogP contribution >= 0.6 is 0 Å². The second kappa shape index (κ2) is 3.68. The first-order chi connectivity index (χ1) is 7.39. The van der Waals surface area contributed by atoms with Gasteiger partial charge in [-0.1, -0.05) is 19.1 Å². The molecule has 0 amide bonds. The lowest BCUT2D eigenvalue weighted by Gasteiger charge is -2.31. The van der Waals surface area contributed by atoms with Gasteiger partial charge in [-0.15, -0.1) is 0 Å². The Hall–Kier alpha value is -1.19. The van der Waals surface area contributed by atoms with Gasteiger partial charge >= 0.3 is 6.18 Å². The molecule has 1 aliphatic rings. The summed E-state index contributed by atoms with van der Waals surface area (Å²) in [5.74, 6) is 0.175. The maximum atomic E-state index is 12.8. The zero-order chi connectivity index (χ0) is 11.9. The average Bonchev–Trinajstić information content (AvgIpc) is 2.15. The molecule has 0 saturated carbocycles. The van der Waals surface area contributed by atoms with Crippen LogP contribution in [0.4, 0.5) is 18.9 Å².